The molecule has 0 amide bonds. The molecule has 3 rings (SSSR count). The van der Waals surface area contributed by atoms with Crippen LogP contribution in [0.1, 0.15) is 36.5 Å². The van der Waals surface area contributed by atoms with Crippen molar-refractivity contribution in [1.82, 2.24) is 5.32 Å². The molecule has 2 atom stereocenters. The number of nitrogens with one attached hydrogen (secondary N) is 1. The van der Waals surface area contributed by atoms with Gasteiger partial charge in [0.15, 0.2) is 0 Å². The summed E-state index contributed by atoms with van der Waals surface area (Å²) in [5.74, 6) is -0.155. The summed E-state index contributed by atoms with van der Waals surface area (Å²) in [6, 6.07) is 5.49. The average molecular weight is 235 g/mol. The van der Waals surface area contributed by atoms with E-state index in [1.54, 1.807) is 12.1 Å². The zero-order valence-electron chi connectivity index (χ0n) is 9.92. The average Bonchev–Trinajstić information content (AvgIpc) is 2.77. The van der Waals surface area contributed by atoms with Crippen LogP contribution in [0.2, 0.25) is 0 Å². The Balaban J connectivity index is 1.96. The lowest BCUT2D eigenvalue weighted by molar-refractivity contribution is 0.0332. The molecule has 1 aromatic rings. The minimum atomic E-state index is -0.155. The molecule has 2 nitrogen and oxygen atoms in total. The Morgan fingerprint density at radius 3 is 3.06 bits per heavy atom. The summed E-state index contributed by atoms with van der Waals surface area (Å²) in [5.41, 5.74) is 2.31. The van der Waals surface area contributed by atoms with Gasteiger partial charge in [0.2, 0.25) is 0 Å². The zero-order chi connectivity index (χ0) is 11.7. The lowest BCUT2D eigenvalue weighted by Crippen LogP contribution is -2.30. The van der Waals surface area contributed by atoms with Gasteiger partial charge in [-0.15, -0.1) is 0 Å². The molecule has 0 aromatic heterocycles. The number of benzene rings is 1. The number of rotatable bonds is 1. The highest BCUT2D eigenvalue weighted by Crippen LogP contribution is 2.32. The van der Waals surface area contributed by atoms with E-state index in [0.717, 1.165) is 38.0 Å². The lowest BCUT2D eigenvalue weighted by atomic mass is 9.95. The first-order valence-electron chi connectivity index (χ1n) is 6.48. The van der Waals surface area contributed by atoms with E-state index in [1.165, 1.54) is 12.0 Å². The molecule has 0 saturated carbocycles. The maximum atomic E-state index is 13.4. The summed E-state index contributed by atoms with van der Waals surface area (Å²) in [4.78, 5) is 0. The first-order valence-corrected chi connectivity index (χ1v) is 6.48. The van der Waals surface area contributed by atoms with Gasteiger partial charge < -0.3 is 10.1 Å². The topological polar surface area (TPSA) is 21.3 Å². The van der Waals surface area contributed by atoms with Crippen LogP contribution in [0, 0.1) is 5.82 Å². The Bertz CT molecular complexity index is 401. The molecule has 1 N–H and O–H groups in total. The molecule has 2 heterocycles. The molecule has 92 valence electrons. The van der Waals surface area contributed by atoms with Gasteiger partial charge in [-0.3, -0.25) is 0 Å². The van der Waals surface area contributed by atoms with Gasteiger partial charge in [0.25, 0.3) is 0 Å². The standard InChI is InChI=1S/C14H18FNO/c15-11-6-5-10-3-2-8-17-14(12(10)9-11)13-4-1-7-16-13/h5-6,9,13-14,16H,1-4,7-8H2/t13-,14?/m0/s1. The molecule has 1 fully saturated rings. The number of hydrogen-bond acceptors (Lipinski definition) is 2. The fraction of sp³-hybridized carbons (Fsp3) is 0.571. The molecule has 0 bridgehead atoms. The van der Waals surface area contributed by atoms with Gasteiger partial charge in [-0.2, -0.15) is 0 Å². The van der Waals surface area contributed by atoms with Crippen LogP contribution >= 0.6 is 0 Å². The minimum Gasteiger partial charge on any atom is -0.372 e. The van der Waals surface area contributed by atoms with E-state index in [0.29, 0.717) is 6.04 Å². The zero-order valence-corrected chi connectivity index (χ0v) is 9.92. The lowest BCUT2D eigenvalue weighted by Gasteiger charge is -2.24. The highest BCUT2D eigenvalue weighted by Gasteiger charge is 2.29. The first kappa shape index (κ1) is 11.2. The van der Waals surface area contributed by atoms with Crippen molar-refractivity contribution in [2.45, 2.75) is 37.8 Å². The Labute approximate surface area is 101 Å². The van der Waals surface area contributed by atoms with Crippen molar-refractivity contribution in [3.8, 4) is 0 Å². The first-order chi connectivity index (χ1) is 8.34. The van der Waals surface area contributed by atoms with Crippen molar-refractivity contribution in [3.63, 3.8) is 0 Å². The normalized spacial score (nSPS) is 28.8. The van der Waals surface area contributed by atoms with Gasteiger partial charge in [-0.25, -0.2) is 4.39 Å². The van der Waals surface area contributed by atoms with Crippen LogP contribution in [0.4, 0.5) is 4.39 Å². The molecular weight excluding hydrogens is 217 g/mol. The fourth-order valence-corrected chi connectivity index (χ4v) is 2.92. The maximum Gasteiger partial charge on any atom is 0.123 e. The smallest absolute Gasteiger partial charge is 0.123 e. The monoisotopic (exact) mass is 235 g/mol. The van der Waals surface area contributed by atoms with E-state index in [-0.39, 0.29) is 11.9 Å². The summed E-state index contributed by atoms with van der Waals surface area (Å²) in [7, 11) is 0. The number of aryl methyl sites for hydroxylation is 1. The third-order valence-electron chi connectivity index (χ3n) is 3.77. The second-order valence-corrected chi connectivity index (χ2v) is 4.94. The van der Waals surface area contributed by atoms with Crippen molar-refractivity contribution in [2.75, 3.05) is 13.2 Å². The molecule has 3 heteroatoms. The van der Waals surface area contributed by atoms with Gasteiger partial charge >= 0.3 is 0 Å². The van der Waals surface area contributed by atoms with Crippen molar-refractivity contribution in [3.05, 3.63) is 35.1 Å². The minimum absolute atomic E-state index is 0.0331. The van der Waals surface area contributed by atoms with Crippen LogP contribution in [-0.2, 0) is 11.2 Å². The van der Waals surface area contributed by atoms with Crippen molar-refractivity contribution in [2.24, 2.45) is 0 Å². The van der Waals surface area contributed by atoms with Gasteiger partial charge in [0, 0.05) is 12.6 Å². The Kier molecular flexibility index (Phi) is 3.12. The maximum absolute atomic E-state index is 13.4. The number of ether oxygens (including phenoxy) is 1. The van der Waals surface area contributed by atoms with E-state index in [2.05, 4.69) is 5.32 Å². The van der Waals surface area contributed by atoms with Gasteiger partial charge in [0.05, 0.1) is 6.10 Å². The molecule has 1 saturated heterocycles. The summed E-state index contributed by atoms with van der Waals surface area (Å²) >= 11 is 0. The third-order valence-corrected chi connectivity index (χ3v) is 3.77. The van der Waals surface area contributed by atoms with Crippen molar-refractivity contribution >= 4 is 0 Å². The molecule has 2 aliphatic rings. The molecule has 0 aliphatic carbocycles. The molecule has 17 heavy (non-hydrogen) atoms. The number of halogens is 1. The second-order valence-electron chi connectivity index (χ2n) is 4.94. The van der Waals surface area contributed by atoms with E-state index >= 15 is 0 Å². The molecule has 0 radical (unpaired) electrons. The number of fused-ring (bicyclic) bond motifs is 1. The third kappa shape index (κ3) is 2.22. The highest BCUT2D eigenvalue weighted by atomic mass is 19.1. The summed E-state index contributed by atoms with van der Waals surface area (Å²) in [6.07, 6.45) is 4.38. The largest absolute Gasteiger partial charge is 0.372 e. The van der Waals surface area contributed by atoms with Crippen LogP contribution < -0.4 is 5.32 Å². The van der Waals surface area contributed by atoms with Gasteiger partial charge in [0.1, 0.15) is 5.82 Å². The predicted molar refractivity (Wildman–Crippen MR) is 64.4 cm³/mol. The van der Waals surface area contributed by atoms with Crippen LogP contribution in [0.15, 0.2) is 18.2 Å². The SMILES string of the molecule is Fc1ccc2c(c1)C([C@@H]1CCCN1)OCCC2. The van der Waals surface area contributed by atoms with E-state index in [4.69, 9.17) is 4.74 Å². The molecule has 2 aliphatic heterocycles. The Morgan fingerprint density at radius 1 is 1.29 bits per heavy atom. The quantitative estimate of drug-likeness (QED) is 0.807. The van der Waals surface area contributed by atoms with Crippen molar-refractivity contribution in [1.29, 1.82) is 0 Å². The van der Waals surface area contributed by atoms with Gasteiger partial charge in [-0.1, -0.05) is 6.07 Å². The molecule has 1 unspecified atom stereocenters. The van der Waals surface area contributed by atoms with E-state index < -0.39 is 0 Å². The van der Waals surface area contributed by atoms with Crippen LogP contribution in [0.3, 0.4) is 0 Å². The van der Waals surface area contributed by atoms with E-state index in [9.17, 15) is 4.39 Å². The number of hydrogen-bond donors (Lipinski definition) is 1. The second kappa shape index (κ2) is 4.75. The molecule has 1 aromatic carbocycles. The highest BCUT2D eigenvalue weighted by molar-refractivity contribution is 5.32. The molecular formula is C14H18FNO. The van der Waals surface area contributed by atoms with Crippen LogP contribution in [0.5, 0.6) is 0 Å². The van der Waals surface area contributed by atoms with Crippen LogP contribution in [-0.4, -0.2) is 19.2 Å². The Morgan fingerprint density at radius 2 is 2.24 bits per heavy atom. The predicted octanol–water partition coefficient (Wildman–Crippen LogP) is 2.58. The summed E-state index contributed by atoms with van der Waals surface area (Å²) < 4.78 is 19.4. The van der Waals surface area contributed by atoms with Crippen molar-refractivity contribution < 1.29 is 9.13 Å². The van der Waals surface area contributed by atoms with Gasteiger partial charge in [-0.05, 0) is 55.5 Å². The summed E-state index contributed by atoms with van der Waals surface area (Å²) in [6.45, 7) is 1.83. The van der Waals surface area contributed by atoms with E-state index in [1.807, 2.05) is 6.07 Å². The Hall–Kier alpha value is -0.930. The summed E-state index contributed by atoms with van der Waals surface area (Å²) in [5, 5.41) is 3.47. The van der Waals surface area contributed by atoms with Crippen LogP contribution in [0.25, 0.3) is 0 Å². The fourth-order valence-electron chi connectivity index (χ4n) is 2.92. The molecule has 0 spiro atoms.